The van der Waals surface area contributed by atoms with Crippen LogP contribution in [-0.2, 0) is 0 Å². The van der Waals surface area contributed by atoms with E-state index in [0.29, 0.717) is 11.4 Å². The summed E-state index contributed by atoms with van der Waals surface area (Å²) in [6, 6.07) is 47.1. The number of rotatable bonds is 3. The molecule has 1 heterocycles. The molecule has 206 valence electrons. The van der Waals surface area contributed by atoms with Crippen LogP contribution in [0.15, 0.2) is 145 Å². The van der Waals surface area contributed by atoms with E-state index in [-0.39, 0.29) is 0 Å². The molecule has 1 aromatic heterocycles. The Balaban J connectivity index is 1.24. The maximum Gasteiger partial charge on any atom is 0.109 e. The van der Waals surface area contributed by atoms with Gasteiger partial charge in [0.15, 0.2) is 0 Å². The van der Waals surface area contributed by atoms with Gasteiger partial charge in [-0.25, -0.2) is 0 Å². The predicted molar refractivity (Wildman–Crippen MR) is 187 cm³/mol. The second-order valence-corrected chi connectivity index (χ2v) is 11.4. The molecule has 0 fully saturated rings. The number of hydrogen-bond acceptors (Lipinski definition) is 3. The Hall–Kier alpha value is -6.00. The van der Waals surface area contributed by atoms with Crippen LogP contribution in [0.5, 0.6) is 0 Å². The van der Waals surface area contributed by atoms with E-state index >= 15 is 0 Å². The number of aromatic nitrogens is 1. The summed E-state index contributed by atoms with van der Waals surface area (Å²) in [7, 11) is 0. The van der Waals surface area contributed by atoms with Gasteiger partial charge in [0, 0.05) is 22.0 Å². The summed E-state index contributed by atoms with van der Waals surface area (Å²) in [5.74, 6) is 0. The summed E-state index contributed by atoms with van der Waals surface area (Å²) in [6.45, 7) is 0. The molecule has 4 nitrogen and oxygen atoms in total. The number of nitrogens with one attached hydrogen (secondary N) is 2. The van der Waals surface area contributed by atoms with Crippen molar-refractivity contribution >= 4 is 77.3 Å². The standard InChI is InChI=1S/C40H26N4/c41-40-35(43-42-30-11-2-1-3-12-30)20-16-26-14-15-29-22-31(18-19-33(29)38(26)40)44-36-21-17-25-8-6-7-13-32(25)39(36)34-23-27-9-4-5-10-28(27)24-37(34)44/h1-24,41-42H/b41-40?,43-35-. The summed E-state index contributed by atoms with van der Waals surface area (Å²) in [5, 5.41) is 23.3. The fourth-order valence-electron chi connectivity index (χ4n) is 6.75. The van der Waals surface area contributed by atoms with Crippen molar-refractivity contribution in [3.8, 4) is 5.69 Å². The molecule has 1 aliphatic rings. The average Bonchev–Trinajstić information content (AvgIpc) is 3.40. The zero-order valence-electron chi connectivity index (χ0n) is 23.8. The van der Waals surface area contributed by atoms with Gasteiger partial charge in [0.05, 0.1) is 22.4 Å². The first-order chi connectivity index (χ1) is 21.7. The largest absolute Gasteiger partial charge is 0.309 e. The smallest absolute Gasteiger partial charge is 0.109 e. The van der Waals surface area contributed by atoms with Crippen molar-refractivity contribution in [2.75, 3.05) is 5.43 Å². The van der Waals surface area contributed by atoms with E-state index in [2.05, 4.69) is 124 Å². The summed E-state index contributed by atoms with van der Waals surface area (Å²) in [4.78, 5) is 0. The summed E-state index contributed by atoms with van der Waals surface area (Å²) >= 11 is 0. The van der Waals surface area contributed by atoms with Crippen LogP contribution in [0.2, 0.25) is 0 Å². The minimum absolute atomic E-state index is 0.416. The Morgan fingerprint density at radius 1 is 0.545 bits per heavy atom. The van der Waals surface area contributed by atoms with Gasteiger partial charge >= 0.3 is 0 Å². The van der Waals surface area contributed by atoms with Gasteiger partial charge in [0.25, 0.3) is 0 Å². The highest BCUT2D eigenvalue weighted by atomic mass is 15.3. The number of para-hydroxylation sites is 1. The quantitative estimate of drug-likeness (QED) is 0.207. The van der Waals surface area contributed by atoms with E-state index < -0.39 is 0 Å². The molecule has 8 aromatic rings. The molecule has 0 aliphatic heterocycles. The van der Waals surface area contributed by atoms with Crippen molar-refractivity contribution in [2.45, 2.75) is 0 Å². The van der Waals surface area contributed by atoms with Crippen LogP contribution >= 0.6 is 0 Å². The molecule has 9 rings (SSSR count). The molecule has 7 aromatic carbocycles. The predicted octanol–water partition coefficient (Wildman–Crippen LogP) is 10.1. The van der Waals surface area contributed by atoms with Crippen LogP contribution in [0, 0.1) is 5.41 Å². The highest BCUT2D eigenvalue weighted by Crippen LogP contribution is 2.39. The first-order valence-corrected chi connectivity index (χ1v) is 14.8. The van der Waals surface area contributed by atoms with Crippen molar-refractivity contribution < 1.29 is 0 Å². The third-order valence-electron chi connectivity index (χ3n) is 8.82. The van der Waals surface area contributed by atoms with E-state index in [1.54, 1.807) is 0 Å². The molecule has 0 bridgehead atoms. The third-order valence-corrected chi connectivity index (χ3v) is 8.82. The van der Waals surface area contributed by atoms with Gasteiger partial charge in [-0.1, -0.05) is 97.1 Å². The van der Waals surface area contributed by atoms with Gasteiger partial charge in [-0.05, 0) is 86.4 Å². The number of nitrogens with zero attached hydrogens (tertiary/aromatic N) is 2. The number of benzene rings is 7. The van der Waals surface area contributed by atoms with Crippen molar-refractivity contribution in [1.82, 2.24) is 4.57 Å². The Morgan fingerprint density at radius 2 is 1.30 bits per heavy atom. The molecular weight excluding hydrogens is 536 g/mol. The molecule has 0 radical (unpaired) electrons. The SMILES string of the molecule is N=C1/C(=N\Nc2ccccc2)C=Cc2ccc3cc(-n4c5cc6ccccc6cc5c5c6ccccc6ccc54)ccc3c21. The maximum absolute atomic E-state index is 9.11. The van der Waals surface area contributed by atoms with Crippen LogP contribution in [0.3, 0.4) is 0 Å². The molecule has 0 atom stereocenters. The Bertz CT molecular complexity index is 2530. The summed E-state index contributed by atoms with van der Waals surface area (Å²) in [5.41, 5.74) is 10.4. The van der Waals surface area contributed by atoms with Gasteiger partial charge in [-0.3, -0.25) is 10.8 Å². The van der Waals surface area contributed by atoms with Gasteiger partial charge in [0.2, 0.25) is 0 Å². The normalized spacial score (nSPS) is 13.9. The highest BCUT2D eigenvalue weighted by molar-refractivity contribution is 6.55. The van der Waals surface area contributed by atoms with Crippen LogP contribution in [0.1, 0.15) is 11.1 Å². The zero-order valence-corrected chi connectivity index (χ0v) is 23.8. The minimum atomic E-state index is 0.416. The van der Waals surface area contributed by atoms with E-state index in [9.17, 15) is 0 Å². The second kappa shape index (κ2) is 9.51. The topological polar surface area (TPSA) is 53.2 Å². The maximum atomic E-state index is 9.11. The molecule has 0 spiro atoms. The van der Waals surface area contributed by atoms with Gasteiger partial charge < -0.3 is 4.57 Å². The minimum Gasteiger partial charge on any atom is -0.309 e. The number of fused-ring (bicyclic) bond motifs is 9. The molecule has 0 saturated carbocycles. The van der Waals surface area contributed by atoms with Gasteiger partial charge in [0.1, 0.15) is 5.71 Å². The van der Waals surface area contributed by atoms with Crippen molar-refractivity contribution in [3.63, 3.8) is 0 Å². The molecular formula is C40H26N4. The first-order valence-electron chi connectivity index (χ1n) is 14.8. The highest BCUT2D eigenvalue weighted by Gasteiger charge is 2.21. The van der Waals surface area contributed by atoms with E-state index in [1.807, 2.05) is 36.4 Å². The molecule has 0 saturated heterocycles. The van der Waals surface area contributed by atoms with Gasteiger partial charge in [-0.15, -0.1) is 0 Å². The Labute approximate surface area is 253 Å². The molecule has 44 heavy (non-hydrogen) atoms. The lowest BCUT2D eigenvalue weighted by Gasteiger charge is -2.18. The lowest BCUT2D eigenvalue weighted by molar-refractivity contribution is 1.19. The fraction of sp³-hybridized carbons (Fsp3) is 0. The van der Waals surface area contributed by atoms with Crippen LogP contribution in [-0.4, -0.2) is 16.0 Å². The van der Waals surface area contributed by atoms with Crippen LogP contribution in [0.25, 0.3) is 65.9 Å². The first kappa shape index (κ1) is 24.6. The fourth-order valence-corrected chi connectivity index (χ4v) is 6.75. The van der Waals surface area contributed by atoms with Gasteiger partial charge in [-0.2, -0.15) is 5.10 Å². The van der Waals surface area contributed by atoms with Crippen LogP contribution in [0.4, 0.5) is 5.69 Å². The number of hydrogen-bond donors (Lipinski definition) is 2. The van der Waals surface area contributed by atoms with Crippen LogP contribution < -0.4 is 5.43 Å². The second-order valence-electron chi connectivity index (χ2n) is 11.4. The summed E-state index contributed by atoms with van der Waals surface area (Å²) < 4.78 is 2.39. The number of anilines is 1. The van der Waals surface area contributed by atoms with Crippen molar-refractivity contribution in [2.24, 2.45) is 5.10 Å². The van der Waals surface area contributed by atoms with E-state index in [1.165, 1.54) is 43.4 Å². The Morgan fingerprint density at radius 3 is 2.16 bits per heavy atom. The van der Waals surface area contributed by atoms with E-state index in [4.69, 9.17) is 5.41 Å². The van der Waals surface area contributed by atoms with E-state index in [0.717, 1.165) is 33.3 Å². The van der Waals surface area contributed by atoms with Crippen molar-refractivity contribution in [3.05, 3.63) is 151 Å². The molecule has 0 amide bonds. The number of allylic oxidation sites excluding steroid dienone is 1. The summed E-state index contributed by atoms with van der Waals surface area (Å²) in [6.07, 6.45) is 3.96. The lowest BCUT2D eigenvalue weighted by Crippen LogP contribution is -2.18. The average molecular weight is 563 g/mol. The third kappa shape index (κ3) is 3.71. The molecule has 0 unspecified atom stereocenters. The lowest BCUT2D eigenvalue weighted by atomic mass is 9.89. The zero-order chi connectivity index (χ0) is 29.2. The molecule has 1 aliphatic carbocycles. The molecule has 2 N–H and O–H groups in total. The number of hydrazone groups is 1. The molecule has 4 heteroatoms. The van der Waals surface area contributed by atoms with Crippen molar-refractivity contribution in [1.29, 1.82) is 5.41 Å². The monoisotopic (exact) mass is 562 g/mol. The Kier molecular flexibility index (Phi) is 5.32.